The Kier molecular flexibility index (Phi) is 6.31. The van der Waals surface area contributed by atoms with Gasteiger partial charge in [0.05, 0.1) is 10.1 Å². The first-order valence-electron chi connectivity index (χ1n) is 9.70. The molecule has 0 fully saturated rings. The lowest BCUT2D eigenvalue weighted by molar-refractivity contribution is -0.133. The highest BCUT2D eigenvalue weighted by Crippen LogP contribution is 2.37. The summed E-state index contributed by atoms with van der Waals surface area (Å²) in [5.41, 5.74) is 1.43. The Bertz CT molecular complexity index is 789. The van der Waals surface area contributed by atoms with E-state index in [9.17, 15) is 4.79 Å². The molecule has 1 aliphatic rings. The van der Waals surface area contributed by atoms with E-state index in [2.05, 4.69) is 23.2 Å². The fourth-order valence-electron chi connectivity index (χ4n) is 3.68. The van der Waals surface area contributed by atoms with Crippen molar-refractivity contribution >= 4 is 29.0 Å². The molecule has 0 unspecified atom stereocenters. The normalized spacial score (nSPS) is 18.0. The molecule has 2 aromatic heterocycles. The fraction of sp³-hybridized carbons (Fsp3) is 0.650. The predicted molar refractivity (Wildman–Crippen MR) is 111 cm³/mol. The minimum Gasteiger partial charge on any atom is -0.410 e. The Morgan fingerprint density at radius 1 is 1.26 bits per heavy atom. The summed E-state index contributed by atoms with van der Waals surface area (Å²) in [5, 5.41) is 8.58. The van der Waals surface area contributed by atoms with Gasteiger partial charge in [-0.2, -0.15) is 0 Å². The van der Waals surface area contributed by atoms with Crippen LogP contribution in [0.25, 0.3) is 10.8 Å². The van der Waals surface area contributed by atoms with E-state index in [-0.39, 0.29) is 23.2 Å². The number of aryl methyl sites for hydroxylation is 1. The minimum absolute atomic E-state index is 0.102. The van der Waals surface area contributed by atoms with E-state index in [1.165, 1.54) is 28.6 Å². The van der Waals surface area contributed by atoms with Crippen LogP contribution in [0.3, 0.4) is 0 Å². The zero-order chi connectivity index (χ0) is 19.7. The Morgan fingerprint density at radius 3 is 2.63 bits per heavy atom. The van der Waals surface area contributed by atoms with Crippen molar-refractivity contribution in [1.82, 2.24) is 15.1 Å². The van der Waals surface area contributed by atoms with E-state index in [1.54, 1.807) is 11.3 Å². The molecule has 2 heterocycles. The number of fused-ring (bicyclic) bond motifs is 1. The summed E-state index contributed by atoms with van der Waals surface area (Å²) >= 11 is 3.10. The van der Waals surface area contributed by atoms with Gasteiger partial charge in [0.2, 0.25) is 5.91 Å². The second kappa shape index (κ2) is 8.35. The van der Waals surface area contributed by atoms with Gasteiger partial charge < -0.3 is 9.32 Å². The Hall–Kier alpha value is -1.34. The van der Waals surface area contributed by atoms with Gasteiger partial charge in [-0.3, -0.25) is 4.79 Å². The monoisotopic (exact) mass is 407 g/mol. The third-order valence-electron chi connectivity index (χ3n) is 4.94. The smallest absolute Gasteiger partial charge is 0.277 e. The predicted octanol–water partition coefficient (Wildman–Crippen LogP) is 5.05. The summed E-state index contributed by atoms with van der Waals surface area (Å²) in [6.45, 7) is 12.4. The minimum atomic E-state index is -0.263. The van der Waals surface area contributed by atoms with Crippen LogP contribution in [0.1, 0.15) is 58.4 Å². The molecule has 0 aliphatic heterocycles. The lowest BCUT2D eigenvalue weighted by Crippen LogP contribution is -2.45. The van der Waals surface area contributed by atoms with Crippen molar-refractivity contribution in [1.29, 1.82) is 0 Å². The number of nitrogens with zero attached hydrogens (tertiary/aromatic N) is 3. The number of hydrogen-bond donors (Lipinski definition) is 0. The van der Waals surface area contributed by atoms with Gasteiger partial charge in [-0.05, 0) is 71.4 Å². The summed E-state index contributed by atoms with van der Waals surface area (Å²) in [5.74, 6) is 1.41. The zero-order valence-electron chi connectivity index (χ0n) is 17.0. The van der Waals surface area contributed by atoms with E-state index >= 15 is 0 Å². The van der Waals surface area contributed by atoms with Gasteiger partial charge in [-0.15, -0.1) is 21.5 Å². The quantitative estimate of drug-likeness (QED) is 0.627. The lowest BCUT2D eigenvalue weighted by atomic mass is 9.90. The molecule has 7 heteroatoms. The molecule has 5 nitrogen and oxygen atoms in total. The standard InChI is InChI=1S/C20H29N3O2S2/c1-11(2)23(12(3)4)19(24)14(6)26-20-22-21-18(25-20)17-10-15-9-13(5)7-8-16(15)27-17/h10-14H,7-9H2,1-6H3/t13-,14-/m0/s1. The molecule has 0 bridgehead atoms. The summed E-state index contributed by atoms with van der Waals surface area (Å²) in [6, 6.07) is 2.53. The average Bonchev–Trinajstić information content (AvgIpc) is 3.20. The molecule has 0 saturated heterocycles. The molecule has 2 aromatic rings. The van der Waals surface area contributed by atoms with Gasteiger partial charge in [0.25, 0.3) is 11.1 Å². The van der Waals surface area contributed by atoms with Crippen molar-refractivity contribution in [2.45, 2.75) is 83.4 Å². The summed E-state index contributed by atoms with van der Waals surface area (Å²) in [6.07, 6.45) is 3.52. The summed E-state index contributed by atoms with van der Waals surface area (Å²) < 4.78 is 5.88. The van der Waals surface area contributed by atoms with Crippen LogP contribution in [-0.2, 0) is 17.6 Å². The number of carbonyl (C=O) groups is 1. The molecule has 148 valence electrons. The van der Waals surface area contributed by atoms with Gasteiger partial charge >= 0.3 is 0 Å². The van der Waals surface area contributed by atoms with Crippen molar-refractivity contribution in [2.24, 2.45) is 5.92 Å². The molecule has 0 spiro atoms. The molecule has 0 saturated carbocycles. The Balaban J connectivity index is 1.70. The maximum absolute atomic E-state index is 12.8. The molecule has 0 aromatic carbocycles. The number of thioether (sulfide) groups is 1. The number of thiophene rings is 1. The van der Waals surface area contributed by atoms with E-state index in [0.717, 1.165) is 23.6 Å². The van der Waals surface area contributed by atoms with Crippen LogP contribution in [0, 0.1) is 5.92 Å². The highest BCUT2D eigenvalue weighted by Gasteiger charge is 2.28. The second-order valence-corrected chi connectivity index (χ2v) is 10.4. The molecule has 2 atom stereocenters. The second-order valence-electron chi connectivity index (χ2n) is 7.97. The van der Waals surface area contributed by atoms with Gasteiger partial charge in [-0.1, -0.05) is 18.7 Å². The van der Waals surface area contributed by atoms with E-state index < -0.39 is 0 Å². The topological polar surface area (TPSA) is 59.2 Å². The number of carbonyl (C=O) groups excluding carboxylic acids is 1. The highest BCUT2D eigenvalue weighted by atomic mass is 32.2. The van der Waals surface area contributed by atoms with Crippen molar-refractivity contribution in [2.75, 3.05) is 0 Å². The number of amides is 1. The van der Waals surface area contributed by atoms with Gasteiger partial charge in [0.15, 0.2) is 0 Å². The van der Waals surface area contributed by atoms with Gasteiger partial charge in [-0.25, -0.2) is 0 Å². The maximum Gasteiger partial charge on any atom is 0.277 e. The molecule has 1 aliphatic carbocycles. The fourth-order valence-corrected chi connectivity index (χ4v) is 5.55. The molecule has 3 rings (SSSR count). The number of hydrogen-bond acceptors (Lipinski definition) is 6. The van der Waals surface area contributed by atoms with Crippen molar-refractivity contribution in [3.63, 3.8) is 0 Å². The molecular formula is C20H29N3O2S2. The first-order chi connectivity index (χ1) is 12.8. The third kappa shape index (κ3) is 4.57. The van der Waals surface area contributed by atoms with E-state index in [1.807, 2.05) is 39.5 Å². The van der Waals surface area contributed by atoms with Crippen LogP contribution in [0.4, 0.5) is 0 Å². The molecule has 27 heavy (non-hydrogen) atoms. The molecule has 1 amide bonds. The maximum atomic E-state index is 12.8. The number of aromatic nitrogens is 2. The Labute approximate surface area is 169 Å². The van der Waals surface area contributed by atoms with Crippen LogP contribution in [0.15, 0.2) is 15.7 Å². The van der Waals surface area contributed by atoms with Crippen molar-refractivity contribution < 1.29 is 9.21 Å². The van der Waals surface area contributed by atoms with Crippen LogP contribution in [0.2, 0.25) is 0 Å². The summed E-state index contributed by atoms with van der Waals surface area (Å²) in [7, 11) is 0. The van der Waals surface area contributed by atoms with E-state index in [4.69, 9.17) is 4.42 Å². The average molecular weight is 408 g/mol. The third-order valence-corrected chi connectivity index (χ3v) is 7.09. The first-order valence-corrected chi connectivity index (χ1v) is 11.4. The first kappa shape index (κ1) is 20.4. The van der Waals surface area contributed by atoms with Gasteiger partial charge in [0, 0.05) is 17.0 Å². The van der Waals surface area contributed by atoms with E-state index in [0.29, 0.717) is 11.1 Å². The van der Waals surface area contributed by atoms with Crippen LogP contribution in [-0.4, -0.2) is 38.3 Å². The van der Waals surface area contributed by atoms with Crippen molar-refractivity contribution in [3.8, 4) is 10.8 Å². The molecule has 0 N–H and O–H groups in total. The highest BCUT2D eigenvalue weighted by molar-refractivity contribution is 8.00. The number of rotatable bonds is 6. The van der Waals surface area contributed by atoms with Gasteiger partial charge in [0.1, 0.15) is 0 Å². The summed E-state index contributed by atoms with van der Waals surface area (Å²) in [4.78, 5) is 17.2. The molecule has 0 radical (unpaired) electrons. The van der Waals surface area contributed by atoms with Crippen molar-refractivity contribution in [3.05, 3.63) is 16.5 Å². The SMILES string of the molecule is CC(C)N(C(=O)[C@H](C)Sc1nnc(-c2cc3c(s2)CC[C@H](C)C3)o1)C(C)C. The molecular weight excluding hydrogens is 378 g/mol. The zero-order valence-corrected chi connectivity index (χ0v) is 18.6. The van der Waals surface area contributed by atoms with Crippen LogP contribution < -0.4 is 0 Å². The Morgan fingerprint density at radius 2 is 1.96 bits per heavy atom. The van der Waals surface area contributed by atoms with Crippen LogP contribution in [0.5, 0.6) is 0 Å². The van der Waals surface area contributed by atoms with Crippen LogP contribution >= 0.6 is 23.1 Å². The lowest BCUT2D eigenvalue weighted by Gasteiger charge is -2.32. The largest absolute Gasteiger partial charge is 0.410 e.